The first-order valence-corrected chi connectivity index (χ1v) is 6.17. The molecule has 2 aromatic rings. The molecule has 0 spiro atoms. The highest BCUT2D eigenvalue weighted by atomic mass is 16.1. The van der Waals surface area contributed by atoms with Gasteiger partial charge in [-0.2, -0.15) is 0 Å². The van der Waals surface area contributed by atoms with Crippen LogP contribution in [0.1, 0.15) is 31.9 Å². The van der Waals surface area contributed by atoms with Gasteiger partial charge < -0.3 is 0 Å². The molecule has 1 heterocycles. The Kier molecular flexibility index (Phi) is 2.93. The molecule has 0 aliphatic heterocycles. The second kappa shape index (κ2) is 4.16. The van der Waals surface area contributed by atoms with Crippen molar-refractivity contribution in [3.05, 3.63) is 45.7 Å². The summed E-state index contributed by atoms with van der Waals surface area (Å²) in [5, 5.41) is 3.17. The lowest BCUT2D eigenvalue weighted by Gasteiger charge is -2.17. The highest BCUT2D eigenvalue weighted by Gasteiger charge is 2.25. The predicted octanol–water partition coefficient (Wildman–Crippen LogP) is 2.99. The van der Waals surface area contributed by atoms with Gasteiger partial charge in [-0.3, -0.25) is 14.6 Å². The largest absolute Gasteiger partial charge is 0.295 e. The van der Waals surface area contributed by atoms with E-state index in [0.29, 0.717) is 0 Å². The quantitative estimate of drug-likeness (QED) is 0.822. The smallest absolute Gasteiger partial charge is 0.270 e. The Morgan fingerprint density at radius 1 is 1.22 bits per heavy atom. The van der Waals surface area contributed by atoms with E-state index in [-0.39, 0.29) is 11.0 Å². The third-order valence-electron chi connectivity index (χ3n) is 3.10. The maximum atomic E-state index is 12.2. The van der Waals surface area contributed by atoms with Gasteiger partial charge in [0.05, 0.1) is 5.69 Å². The number of hydrogen-bond donors (Lipinski definition) is 1. The van der Waals surface area contributed by atoms with Crippen LogP contribution in [-0.4, -0.2) is 9.78 Å². The van der Waals surface area contributed by atoms with Crippen molar-refractivity contribution < 1.29 is 0 Å². The van der Waals surface area contributed by atoms with E-state index in [1.807, 2.05) is 12.1 Å². The standard InChI is InChI=1S/C15H20N2O/c1-10-7-6-8-11(9-10)13-12(15(2,3)4)14(18)17(5)16-13/h6-9,16H,1-5H3. The fourth-order valence-electron chi connectivity index (χ4n) is 2.25. The Morgan fingerprint density at radius 2 is 1.89 bits per heavy atom. The molecule has 1 N–H and O–H groups in total. The molecule has 96 valence electrons. The van der Waals surface area contributed by atoms with Gasteiger partial charge in [-0.05, 0) is 18.4 Å². The topological polar surface area (TPSA) is 37.8 Å². The molecule has 0 amide bonds. The zero-order chi connectivity index (χ0) is 13.5. The first kappa shape index (κ1) is 12.7. The van der Waals surface area contributed by atoms with Crippen LogP contribution >= 0.6 is 0 Å². The summed E-state index contributed by atoms with van der Waals surface area (Å²) in [6.45, 7) is 8.26. The summed E-state index contributed by atoms with van der Waals surface area (Å²) in [6.07, 6.45) is 0. The van der Waals surface area contributed by atoms with Crippen LogP contribution < -0.4 is 5.56 Å². The first-order chi connectivity index (χ1) is 8.30. The van der Waals surface area contributed by atoms with E-state index in [1.165, 1.54) is 5.56 Å². The van der Waals surface area contributed by atoms with E-state index in [9.17, 15) is 4.79 Å². The van der Waals surface area contributed by atoms with Gasteiger partial charge in [0.15, 0.2) is 0 Å². The van der Waals surface area contributed by atoms with Gasteiger partial charge in [0.1, 0.15) is 0 Å². The molecule has 2 rings (SSSR count). The fraction of sp³-hybridized carbons (Fsp3) is 0.400. The maximum Gasteiger partial charge on any atom is 0.270 e. The fourth-order valence-corrected chi connectivity index (χ4v) is 2.25. The Morgan fingerprint density at radius 3 is 2.44 bits per heavy atom. The lowest BCUT2D eigenvalue weighted by atomic mass is 9.85. The average Bonchev–Trinajstić information content (AvgIpc) is 2.55. The van der Waals surface area contributed by atoms with Crippen molar-refractivity contribution in [3.8, 4) is 11.3 Å². The van der Waals surface area contributed by atoms with Crippen molar-refractivity contribution in [2.24, 2.45) is 7.05 Å². The van der Waals surface area contributed by atoms with E-state index in [4.69, 9.17) is 0 Å². The van der Waals surface area contributed by atoms with Crippen molar-refractivity contribution in [3.63, 3.8) is 0 Å². The summed E-state index contributed by atoms with van der Waals surface area (Å²) < 4.78 is 1.55. The highest BCUT2D eigenvalue weighted by Crippen LogP contribution is 2.29. The molecule has 0 atom stereocenters. The third-order valence-corrected chi connectivity index (χ3v) is 3.10. The Bertz CT molecular complexity index is 627. The Labute approximate surface area is 107 Å². The summed E-state index contributed by atoms with van der Waals surface area (Å²) in [5.74, 6) is 0. The van der Waals surface area contributed by atoms with Crippen LogP contribution in [0.4, 0.5) is 0 Å². The molecular weight excluding hydrogens is 224 g/mol. The van der Waals surface area contributed by atoms with E-state index < -0.39 is 0 Å². The summed E-state index contributed by atoms with van der Waals surface area (Å²) in [6, 6.07) is 8.21. The number of rotatable bonds is 1. The molecule has 3 heteroatoms. The molecule has 0 aliphatic rings. The highest BCUT2D eigenvalue weighted by molar-refractivity contribution is 5.64. The lowest BCUT2D eigenvalue weighted by Crippen LogP contribution is -2.24. The van der Waals surface area contributed by atoms with Crippen molar-refractivity contribution in [1.82, 2.24) is 9.78 Å². The number of benzene rings is 1. The van der Waals surface area contributed by atoms with E-state index in [1.54, 1.807) is 11.7 Å². The zero-order valence-corrected chi connectivity index (χ0v) is 11.7. The molecule has 3 nitrogen and oxygen atoms in total. The molecule has 0 saturated heterocycles. The van der Waals surface area contributed by atoms with Crippen molar-refractivity contribution in [2.75, 3.05) is 0 Å². The van der Waals surface area contributed by atoms with Gasteiger partial charge in [0, 0.05) is 18.2 Å². The summed E-state index contributed by atoms with van der Waals surface area (Å²) >= 11 is 0. The van der Waals surface area contributed by atoms with Crippen LogP contribution in [0.25, 0.3) is 11.3 Å². The lowest BCUT2D eigenvalue weighted by molar-refractivity contribution is 0.583. The van der Waals surface area contributed by atoms with Crippen molar-refractivity contribution in [1.29, 1.82) is 0 Å². The maximum absolute atomic E-state index is 12.2. The van der Waals surface area contributed by atoms with E-state index in [2.05, 4.69) is 44.9 Å². The molecule has 0 aliphatic carbocycles. The number of hydrogen-bond acceptors (Lipinski definition) is 1. The second-order valence-corrected chi connectivity index (χ2v) is 5.85. The molecule has 0 unspecified atom stereocenters. The Hall–Kier alpha value is -1.77. The number of aromatic nitrogens is 2. The van der Waals surface area contributed by atoms with Crippen LogP contribution in [0.15, 0.2) is 29.1 Å². The number of nitrogens with zero attached hydrogens (tertiary/aromatic N) is 1. The normalized spacial score (nSPS) is 11.8. The first-order valence-electron chi connectivity index (χ1n) is 6.17. The molecular formula is C15H20N2O. The molecule has 0 fully saturated rings. The average molecular weight is 244 g/mol. The SMILES string of the molecule is Cc1cccc(-c2[nH]n(C)c(=O)c2C(C)(C)C)c1. The number of aryl methyl sites for hydroxylation is 2. The monoisotopic (exact) mass is 244 g/mol. The molecule has 0 radical (unpaired) electrons. The van der Waals surface area contributed by atoms with Crippen LogP contribution in [-0.2, 0) is 12.5 Å². The number of aromatic amines is 1. The van der Waals surface area contributed by atoms with Gasteiger partial charge in [0.2, 0.25) is 0 Å². The van der Waals surface area contributed by atoms with Gasteiger partial charge >= 0.3 is 0 Å². The van der Waals surface area contributed by atoms with Crippen LogP contribution in [0.2, 0.25) is 0 Å². The molecule has 1 aromatic carbocycles. The van der Waals surface area contributed by atoms with E-state index >= 15 is 0 Å². The summed E-state index contributed by atoms with van der Waals surface area (Å²) in [5.41, 5.74) is 3.91. The van der Waals surface area contributed by atoms with Crippen LogP contribution in [0.3, 0.4) is 0 Å². The van der Waals surface area contributed by atoms with Gasteiger partial charge in [0.25, 0.3) is 5.56 Å². The van der Waals surface area contributed by atoms with E-state index in [0.717, 1.165) is 16.8 Å². The number of H-pyrrole nitrogens is 1. The predicted molar refractivity (Wildman–Crippen MR) is 74.9 cm³/mol. The number of nitrogens with one attached hydrogen (secondary N) is 1. The molecule has 18 heavy (non-hydrogen) atoms. The molecule has 0 bridgehead atoms. The minimum atomic E-state index is -0.173. The minimum Gasteiger partial charge on any atom is -0.295 e. The van der Waals surface area contributed by atoms with Gasteiger partial charge in [-0.15, -0.1) is 0 Å². The summed E-state index contributed by atoms with van der Waals surface area (Å²) in [7, 11) is 1.76. The molecule has 0 saturated carbocycles. The van der Waals surface area contributed by atoms with Gasteiger partial charge in [-0.25, -0.2) is 0 Å². The second-order valence-electron chi connectivity index (χ2n) is 5.85. The molecule has 1 aromatic heterocycles. The Balaban J connectivity index is 2.73. The van der Waals surface area contributed by atoms with Crippen LogP contribution in [0, 0.1) is 6.92 Å². The van der Waals surface area contributed by atoms with Gasteiger partial charge in [-0.1, -0.05) is 44.5 Å². The van der Waals surface area contributed by atoms with Crippen molar-refractivity contribution >= 4 is 0 Å². The summed E-state index contributed by atoms with van der Waals surface area (Å²) in [4.78, 5) is 12.2. The third kappa shape index (κ3) is 2.13. The van der Waals surface area contributed by atoms with Crippen LogP contribution in [0.5, 0.6) is 0 Å². The zero-order valence-electron chi connectivity index (χ0n) is 11.7. The van der Waals surface area contributed by atoms with Crippen molar-refractivity contribution in [2.45, 2.75) is 33.1 Å². The minimum absolute atomic E-state index is 0.0546.